The third-order valence-electron chi connectivity index (χ3n) is 5.19. The first-order chi connectivity index (χ1) is 13.3. The zero-order chi connectivity index (χ0) is 18.2. The predicted molar refractivity (Wildman–Crippen MR) is 98.4 cm³/mol. The molecule has 1 amide bonds. The molecule has 1 aliphatic carbocycles. The summed E-state index contributed by atoms with van der Waals surface area (Å²) >= 11 is 1.56. The van der Waals surface area contributed by atoms with Gasteiger partial charge < -0.3 is 13.9 Å². The first kappa shape index (κ1) is 16.7. The Hall–Kier alpha value is -2.48. The molecule has 3 aromatic heterocycles. The van der Waals surface area contributed by atoms with Crippen molar-refractivity contribution < 1.29 is 13.8 Å². The van der Waals surface area contributed by atoms with Gasteiger partial charge in [0.05, 0.1) is 4.88 Å². The number of amides is 1. The van der Waals surface area contributed by atoms with Crippen molar-refractivity contribution >= 4 is 17.2 Å². The van der Waals surface area contributed by atoms with Gasteiger partial charge in [-0.2, -0.15) is 4.98 Å². The minimum absolute atomic E-state index is 0.0737. The SMILES string of the molecule is O=C(c1cc(-c2cccs2)on1)N1CCC[C@@H](Cc2nc(C3CC3)no2)C1. The van der Waals surface area contributed by atoms with E-state index < -0.39 is 0 Å². The Labute approximate surface area is 160 Å². The second kappa shape index (κ2) is 6.92. The molecule has 0 radical (unpaired) electrons. The zero-order valence-electron chi connectivity index (χ0n) is 14.8. The number of hydrogen-bond acceptors (Lipinski definition) is 7. The van der Waals surface area contributed by atoms with Gasteiger partial charge in [-0.05, 0) is 43.0 Å². The first-order valence-electron chi connectivity index (χ1n) is 9.38. The molecule has 0 spiro atoms. The molecule has 1 aliphatic heterocycles. The van der Waals surface area contributed by atoms with Gasteiger partial charge in [-0.25, -0.2) is 0 Å². The van der Waals surface area contributed by atoms with Crippen molar-refractivity contribution in [3.8, 4) is 10.6 Å². The van der Waals surface area contributed by atoms with Gasteiger partial charge in [-0.1, -0.05) is 16.4 Å². The van der Waals surface area contributed by atoms with Gasteiger partial charge in [-0.15, -0.1) is 11.3 Å². The molecule has 1 atom stereocenters. The normalized spacial score (nSPS) is 20.1. The molecule has 0 aromatic carbocycles. The summed E-state index contributed by atoms with van der Waals surface area (Å²) < 4.78 is 10.8. The van der Waals surface area contributed by atoms with E-state index in [0.29, 0.717) is 35.7 Å². The van der Waals surface area contributed by atoms with Gasteiger partial charge >= 0.3 is 0 Å². The maximum atomic E-state index is 12.8. The van der Waals surface area contributed by atoms with Gasteiger partial charge in [0.2, 0.25) is 5.89 Å². The highest BCUT2D eigenvalue weighted by atomic mass is 32.1. The van der Waals surface area contributed by atoms with Gasteiger partial charge in [0, 0.05) is 31.5 Å². The summed E-state index contributed by atoms with van der Waals surface area (Å²) in [5, 5.41) is 10.0. The van der Waals surface area contributed by atoms with E-state index >= 15 is 0 Å². The molecule has 7 nitrogen and oxygen atoms in total. The molecule has 27 heavy (non-hydrogen) atoms. The van der Waals surface area contributed by atoms with Crippen molar-refractivity contribution in [1.29, 1.82) is 0 Å². The van der Waals surface area contributed by atoms with E-state index in [4.69, 9.17) is 9.05 Å². The topological polar surface area (TPSA) is 85.3 Å². The Morgan fingerprint density at radius 3 is 3.00 bits per heavy atom. The van der Waals surface area contributed by atoms with Gasteiger partial charge in [0.15, 0.2) is 17.3 Å². The minimum Gasteiger partial charge on any atom is -0.355 e. The molecule has 8 heteroatoms. The predicted octanol–water partition coefficient (Wildman–Crippen LogP) is 3.76. The van der Waals surface area contributed by atoms with Crippen LogP contribution in [0.15, 0.2) is 32.6 Å². The summed E-state index contributed by atoms with van der Waals surface area (Å²) in [5.74, 6) is 2.93. The lowest BCUT2D eigenvalue weighted by atomic mass is 9.94. The van der Waals surface area contributed by atoms with Crippen molar-refractivity contribution in [3.05, 3.63) is 41.0 Å². The van der Waals surface area contributed by atoms with Crippen molar-refractivity contribution in [2.24, 2.45) is 5.92 Å². The van der Waals surface area contributed by atoms with Crippen LogP contribution in [-0.4, -0.2) is 39.2 Å². The maximum absolute atomic E-state index is 12.8. The van der Waals surface area contributed by atoms with Crippen molar-refractivity contribution in [1.82, 2.24) is 20.2 Å². The lowest BCUT2D eigenvalue weighted by molar-refractivity contribution is 0.0658. The number of carbonyl (C=O) groups is 1. The Morgan fingerprint density at radius 2 is 2.19 bits per heavy atom. The van der Waals surface area contributed by atoms with Crippen LogP contribution in [0.2, 0.25) is 0 Å². The molecule has 0 unspecified atom stereocenters. The van der Waals surface area contributed by atoms with Gasteiger partial charge in [0.1, 0.15) is 0 Å². The van der Waals surface area contributed by atoms with Crippen LogP contribution < -0.4 is 0 Å². The molecule has 5 rings (SSSR count). The van der Waals surface area contributed by atoms with E-state index in [1.165, 1.54) is 0 Å². The number of rotatable bonds is 5. The van der Waals surface area contributed by atoms with Crippen molar-refractivity contribution in [3.63, 3.8) is 0 Å². The Morgan fingerprint density at radius 1 is 1.26 bits per heavy atom. The summed E-state index contributed by atoms with van der Waals surface area (Å²) in [6.45, 7) is 1.43. The standard InChI is InChI=1S/C19H20N4O3S/c24-19(14-10-15(25-21-14)16-4-2-8-27-16)23-7-1-3-12(11-23)9-17-20-18(22-26-17)13-5-6-13/h2,4,8,10,12-13H,1,3,5-7,9,11H2/t12-/m0/s1. The highest BCUT2D eigenvalue weighted by Crippen LogP contribution is 2.38. The number of thiophene rings is 1. The van der Waals surface area contributed by atoms with E-state index in [9.17, 15) is 4.79 Å². The largest absolute Gasteiger partial charge is 0.355 e. The first-order valence-corrected chi connectivity index (χ1v) is 10.3. The Kier molecular flexibility index (Phi) is 4.27. The number of hydrogen-bond donors (Lipinski definition) is 0. The molecule has 140 valence electrons. The number of aromatic nitrogens is 3. The van der Waals surface area contributed by atoms with E-state index in [-0.39, 0.29) is 5.91 Å². The lowest BCUT2D eigenvalue weighted by Gasteiger charge is -2.31. The average Bonchev–Trinajstić information content (AvgIpc) is 3.11. The number of nitrogens with zero attached hydrogens (tertiary/aromatic N) is 4. The summed E-state index contributed by atoms with van der Waals surface area (Å²) in [4.78, 5) is 20.2. The van der Waals surface area contributed by atoms with E-state index in [1.807, 2.05) is 22.4 Å². The summed E-state index contributed by atoms with van der Waals surface area (Å²) in [6, 6.07) is 5.64. The summed E-state index contributed by atoms with van der Waals surface area (Å²) in [5.41, 5.74) is 0.368. The highest BCUT2D eigenvalue weighted by Gasteiger charge is 2.31. The van der Waals surface area contributed by atoms with Crippen molar-refractivity contribution in [2.75, 3.05) is 13.1 Å². The molecule has 0 bridgehead atoms. The van der Waals surface area contributed by atoms with E-state index in [0.717, 1.165) is 49.4 Å². The molecule has 3 aromatic rings. The van der Waals surface area contributed by atoms with Crippen LogP contribution in [0.3, 0.4) is 0 Å². The van der Waals surface area contributed by atoms with Gasteiger partial charge in [0.25, 0.3) is 5.91 Å². The summed E-state index contributed by atoms with van der Waals surface area (Å²) in [6.07, 6.45) is 5.08. The van der Waals surface area contributed by atoms with Crippen LogP contribution in [0.1, 0.15) is 53.8 Å². The third-order valence-corrected chi connectivity index (χ3v) is 6.07. The molecule has 1 saturated heterocycles. The monoisotopic (exact) mass is 384 g/mol. The lowest BCUT2D eigenvalue weighted by Crippen LogP contribution is -2.40. The molecule has 4 heterocycles. The smallest absolute Gasteiger partial charge is 0.276 e. The highest BCUT2D eigenvalue weighted by molar-refractivity contribution is 7.13. The molecule has 2 fully saturated rings. The number of piperidine rings is 1. The molecular formula is C19H20N4O3S. The zero-order valence-corrected chi connectivity index (χ0v) is 15.7. The molecule has 1 saturated carbocycles. The van der Waals surface area contributed by atoms with Crippen LogP contribution in [0, 0.1) is 5.92 Å². The average molecular weight is 384 g/mol. The van der Waals surface area contributed by atoms with E-state index in [1.54, 1.807) is 17.4 Å². The van der Waals surface area contributed by atoms with Crippen LogP contribution >= 0.6 is 11.3 Å². The quantitative estimate of drug-likeness (QED) is 0.666. The van der Waals surface area contributed by atoms with Crippen LogP contribution in [0.4, 0.5) is 0 Å². The van der Waals surface area contributed by atoms with E-state index in [2.05, 4.69) is 15.3 Å². The van der Waals surface area contributed by atoms with Crippen LogP contribution in [-0.2, 0) is 6.42 Å². The molecular weight excluding hydrogens is 364 g/mol. The van der Waals surface area contributed by atoms with Crippen molar-refractivity contribution in [2.45, 2.75) is 38.0 Å². The van der Waals surface area contributed by atoms with Crippen LogP contribution in [0.5, 0.6) is 0 Å². The minimum atomic E-state index is -0.0737. The van der Waals surface area contributed by atoms with Crippen LogP contribution in [0.25, 0.3) is 10.6 Å². The molecule has 2 aliphatic rings. The number of likely N-dealkylation sites (tertiary alicyclic amines) is 1. The Bertz CT molecular complexity index is 929. The Balaban J connectivity index is 1.24. The number of carbonyl (C=O) groups excluding carboxylic acids is 1. The summed E-state index contributed by atoms with van der Waals surface area (Å²) in [7, 11) is 0. The third kappa shape index (κ3) is 3.53. The maximum Gasteiger partial charge on any atom is 0.276 e. The fraction of sp³-hybridized carbons (Fsp3) is 0.474. The second-order valence-corrected chi connectivity index (χ2v) is 8.29. The fourth-order valence-corrected chi connectivity index (χ4v) is 4.27. The second-order valence-electron chi connectivity index (χ2n) is 7.34. The molecule has 0 N–H and O–H groups in total. The fourth-order valence-electron chi connectivity index (χ4n) is 3.59. The van der Waals surface area contributed by atoms with Gasteiger partial charge in [-0.3, -0.25) is 4.79 Å².